The fourth-order valence-corrected chi connectivity index (χ4v) is 2.38. The summed E-state index contributed by atoms with van der Waals surface area (Å²) in [5.74, 6) is 1.03. The molecule has 1 unspecified atom stereocenters. The first-order valence-corrected chi connectivity index (χ1v) is 9.53. The van der Waals surface area contributed by atoms with E-state index in [1.165, 1.54) is 12.1 Å². The zero-order valence-electron chi connectivity index (χ0n) is 16.9. The van der Waals surface area contributed by atoms with E-state index < -0.39 is 0 Å². The van der Waals surface area contributed by atoms with Gasteiger partial charge in [0.2, 0.25) is 0 Å². The van der Waals surface area contributed by atoms with Crippen molar-refractivity contribution >= 4 is 5.96 Å². The van der Waals surface area contributed by atoms with Crippen molar-refractivity contribution in [2.45, 2.75) is 52.2 Å². The van der Waals surface area contributed by atoms with E-state index in [0.29, 0.717) is 18.3 Å². The molecule has 1 atom stereocenters. The van der Waals surface area contributed by atoms with Crippen LogP contribution in [-0.4, -0.2) is 56.7 Å². The van der Waals surface area contributed by atoms with E-state index >= 15 is 0 Å². The molecule has 26 heavy (non-hydrogen) atoms. The monoisotopic (exact) mass is 366 g/mol. The van der Waals surface area contributed by atoms with Crippen molar-refractivity contribution in [2.24, 2.45) is 4.99 Å². The Labute approximate surface area is 158 Å². The van der Waals surface area contributed by atoms with Gasteiger partial charge in [-0.2, -0.15) is 0 Å². The molecule has 5 nitrogen and oxygen atoms in total. The Morgan fingerprint density at radius 1 is 1.27 bits per heavy atom. The number of guanidine groups is 1. The molecule has 0 aliphatic carbocycles. The summed E-state index contributed by atoms with van der Waals surface area (Å²) in [6, 6.07) is 6.83. The second kappa shape index (κ2) is 12.5. The number of hydrogen-bond donors (Lipinski definition) is 2. The molecule has 0 spiro atoms. The van der Waals surface area contributed by atoms with E-state index in [9.17, 15) is 4.39 Å². The Balaban J connectivity index is 2.29. The van der Waals surface area contributed by atoms with Crippen LogP contribution in [0, 0.1) is 5.82 Å². The third-order valence-corrected chi connectivity index (χ3v) is 4.39. The van der Waals surface area contributed by atoms with Crippen molar-refractivity contribution in [1.82, 2.24) is 15.5 Å². The van der Waals surface area contributed by atoms with Crippen LogP contribution < -0.4 is 15.4 Å². The fourth-order valence-electron chi connectivity index (χ4n) is 2.38. The van der Waals surface area contributed by atoms with E-state index in [-0.39, 0.29) is 11.9 Å². The summed E-state index contributed by atoms with van der Waals surface area (Å²) in [6.07, 6.45) is 3.02. The second-order valence-electron chi connectivity index (χ2n) is 6.77. The highest BCUT2D eigenvalue weighted by Gasteiger charge is 2.10. The van der Waals surface area contributed by atoms with Gasteiger partial charge in [-0.25, -0.2) is 4.39 Å². The van der Waals surface area contributed by atoms with Crippen LogP contribution in [0.5, 0.6) is 5.75 Å². The predicted octanol–water partition coefficient (Wildman–Crippen LogP) is 3.27. The molecule has 0 amide bonds. The normalized spacial score (nSPS) is 13.2. The highest BCUT2D eigenvalue weighted by molar-refractivity contribution is 5.79. The van der Waals surface area contributed by atoms with E-state index in [1.54, 1.807) is 19.2 Å². The predicted molar refractivity (Wildman–Crippen MR) is 107 cm³/mol. The van der Waals surface area contributed by atoms with Gasteiger partial charge in [-0.15, -0.1) is 0 Å². The van der Waals surface area contributed by atoms with Gasteiger partial charge in [-0.05, 0) is 58.8 Å². The molecule has 1 aromatic rings. The zero-order chi connectivity index (χ0) is 19.4. The molecule has 0 aliphatic rings. The zero-order valence-corrected chi connectivity index (χ0v) is 16.9. The Bertz CT molecular complexity index is 536. The summed E-state index contributed by atoms with van der Waals surface area (Å²) in [5.41, 5.74) is 0. The summed E-state index contributed by atoms with van der Waals surface area (Å²) >= 11 is 0. The smallest absolute Gasteiger partial charge is 0.191 e. The number of ether oxygens (including phenoxy) is 1. The number of rotatable bonds is 11. The first kappa shape index (κ1) is 22.2. The molecule has 0 radical (unpaired) electrons. The molecule has 0 saturated heterocycles. The van der Waals surface area contributed by atoms with Gasteiger partial charge in [0.15, 0.2) is 5.96 Å². The van der Waals surface area contributed by atoms with E-state index in [2.05, 4.69) is 41.4 Å². The van der Waals surface area contributed by atoms with Crippen LogP contribution in [0.15, 0.2) is 29.3 Å². The van der Waals surface area contributed by atoms with Crippen molar-refractivity contribution in [3.63, 3.8) is 0 Å². The van der Waals surface area contributed by atoms with Crippen molar-refractivity contribution in [3.05, 3.63) is 30.1 Å². The van der Waals surface area contributed by atoms with Gasteiger partial charge in [-0.1, -0.05) is 13.0 Å². The van der Waals surface area contributed by atoms with Gasteiger partial charge >= 0.3 is 0 Å². The van der Waals surface area contributed by atoms with Gasteiger partial charge in [-0.3, -0.25) is 4.99 Å². The molecule has 0 bridgehead atoms. The first-order chi connectivity index (χ1) is 12.5. The van der Waals surface area contributed by atoms with Gasteiger partial charge in [0.05, 0.1) is 6.54 Å². The minimum atomic E-state index is -0.286. The summed E-state index contributed by atoms with van der Waals surface area (Å²) in [4.78, 5) is 6.59. The number of hydrogen-bond acceptors (Lipinski definition) is 3. The van der Waals surface area contributed by atoms with Crippen LogP contribution in [0.1, 0.15) is 40.0 Å². The Hall–Kier alpha value is -1.82. The second-order valence-corrected chi connectivity index (χ2v) is 6.77. The van der Waals surface area contributed by atoms with Crippen LogP contribution in [0.4, 0.5) is 4.39 Å². The molecule has 0 saturated carbocycles. The molecule has 0 heterocycles. The maximum Gasteiger partial charge on any atom is 0.191 e. The van der Waals surface area contributed by atoms with Crippen LogP contribution >= 0.6 is 0 Å². The summed E-state index contributed by atoms with van der Waals surface area (Å²) in [6.45, 7) is 9.06. The lowest BCUT2D eigenvalue weighted by molar-refractivity contribution is 0.198. The van der Waals surface area contributed by atoms with Gasteiger partial charge in [0.25, 0.3) is 0 Å². The molecular formula is C20H35FN4O. The molecule has 148 valence electrons. The lowest BCUT2D eigenvalue weighted by Crippen LogP contribution is -2.42. The van der Waals surface area contributed by atoms with E-state index in [1.807, 2.05) is 6.92 Å². The largest absolute Gasteiger partial charge is 0.489 e. The molecule has 0 fully saturated rings. The number of halogens is 1. The minimum absolute atomic E-state index is 0.0463. The lowest BCUT2D eigenvalue weighted by Gasteiger charge is -2.21. The third kappa shape index (κ3) is 9.04. The van der Waals surface area contributed by atoms with Gasteiger partial charge in [0.1, 0.15) is 17.7 Å². The Kier molecular flexibility index (Phi) is 10.7. The molecule has 0 aliphatic heterocycles. The topological polar surface area (TPSA) is 48.9 Å². The first-order valence-electron chi connectivity index (χ1n) is 9.53. The van der Waals surface area contributed by atoms with Crippen molar-refractivity contribution < 1.29 is 9.13 Å². The number of aliphatic imine (C=N–C) groups is 1. The molecule has 0 aromatic heterocycles. The Morgan fingerprint density at radius 3 is 2.65 bits per heavy atom. The highest BCUT2D eigenvalue weighted by Crippen LogP contribution is 2.14. The summed E-state index contributed by atoms with van der Waals surface area (Å²) < 4.78 is 19.1. The molecule has 1 aromatic carbocycles. The molecule has 2 N–H and O–H groups in total. The van der Waals surface area contributed by atoms with E-state index in [4.69, 9.17) is 4.74 Å². The minimum Gasteiger partial charge on any atom is -0.489 e. The number of nitrogens with one attached hydrogen (secondary N) is 2. The average Bonchev–Trinajstić information content (AvgIpc) is 2.62. The van der Waals surface area contributed by atoms with Crippen LogP contribution in [0.2, 0.25) is 0 Å². The number of unbranched alkanes of at least 4 members (excludes halogenated alkanes) is 1. The van der Waals surface area contributed by atoms with E-state index in [0.717, 1.165) is 38.3 Å². The average molecular weight is 367 g/mol. The van der Waals surface area contributed by atoms with Crippen molar-refractivity contribution in [3.8, 4) is 5.75 Å². The SMILES string of the molecule is CCC(CNC(=NC)NCCCCN(C)C(C)C)Oc1cccc(F)c1. The molecule has 1 rings (SSSR count). The lowest BCUT2D eigenvalue weighted by atomic mass is 10.2. The van der Waals surface area contributed by atoms with Gasteiger partial charge in [0, 0.05) is 25.7 Å². The fraction of sp³-hybridized carbons (Fsp3) is 0.650. The van der Waals surface area contributed by atoms with Crippen LogP contribution in [0.3, 0.4) is 0 Å². The summed E-state index contributed by atoms with van der Waals surface area (Å²) in [7, 11) is 3.92. The highest BCUT2D eigenvalue weighted by atomic mass is 19.1. The van der Waals surface area contributed by atoms with Gasteiger partial charge < -0.3 is 20.3 Å². The molecule has 6 heteroatoms. The Morgan fingerprint density at radius 2 is 2.04 bits per heavy atom. The number of benzene rings is 1. The third-order valence-electron chi connectivity index (χ3n) is 4.39. The summed E-state index contributed by atoms with van der Waals surface area (Å²) in [5, 5.41) is 6.61. The maximum atomic E-state index is 13.3. The quantitative estimate of drug-likeness (QED) is 0.358. The number of nitrogens with zero attached hydrogens (tertiary/aromatic N) is 2. The maximum absolute atomic E-state index is 13.3. The van der Waals surface area contributed by atoms with Crippen LogP contribution in [0.25, 0.3) is 0 Å². The van der Waals surface area contributed by atoms with Crippen molar-refractivity contribution in [1.29, 1.82) is 0 Å². The molecular weight excluding hydrogens is 331 g/mol. The van der Waals surface area contributed by atoms with Crippen LogP contribution in [-0.2, 0) is 0 Å². The van der Waals surface area contributed by atoms with Crippen molar-refractivity contribution in [2.75, 3.05) is 33.7 Å². The standard InChI is InChI=1S/C20H35FN4O/c1-6-18(26-19-11-9-10-17(21)14-19)15-24-20(22-4)23-12-7-8-13-25(5)16(2)3/h9-11,14,16,18H,6-8,12-13,15H2,1-5H3,(H2,22,23,24).